The van der Waals surface area contributed by atoms with Gasteiger partial charge in [-0.15, -0.1) is 0 Å². The van der Waals surface area contributed by atoms with Crippen LogP contribution in [0.3, 0.4) is 0 Å². The minimum Gasteiger partial charge on any atom is -0.496 e. The number of anilines is 1. The van der Waals surface area contributed by atoms with E-state index in [0.29, 0.717) is 6.42 Å². The second kappa shape index (κ2) is 5.08. The van der Waals surface area contributed by atoms with Gasteiger partial charge in [-0.05, 0) is 24.5 Å². The summed E-state index contributed by atoms with van der Waals surface area (Å²) in [6.45, 7) is 0.801. The Bertz CT molecular complexity index is 403. The Hall–Kier alpha value is -1.71. The first kappa shape index (κ1) is 11.8. The van der Waals surface area contributed by atoms with Crippen LogP contribution < -0.4 is 10.1 Å². The van der Waals surface area contributed by atoms with E-state index in [0.717, 1.165) is 30.0 Å². The number of carbonyl (C=O) groups excluding carboxylic acids is 1. The van der Waals surface area contributed by atoms with Gasteiger partial charge in [-0.1, -0.05) is 6.07 Å². The summed E-state index contributed by atoms with van der Waals surface area (Å²) in [5.41, 5.74) is 2.25. The quantitative estimate of drug-likeness (QED) is 0.812. The minimum atomic E-state index is -0.157. The van der Waals surface area contributed by atoms with Crippen LogP contribution in [0.15, 0.2) is 18.2 Å². The highest BCUT2D eigenvalue weighted by Gasteiger charge is 2.23. The molecule has 0 spiro atoms. The summed E-state index contributed by atoms with van der Waals surface area (Å²) in [7, 11) is 3.09. The Morgan fingerprint density at radius 2 is 2.29 bits per heavy atom. The number of hydrogen-bond donors (Lipinski definition) is 1. The van der Waals surface area contributed by atoms with Crippen molar-refractivity contribution in [1.82, 2.24) is 0 Å². The minimum absolute atomic E-state index is 0.157. The van der Waals surface area contributed by atoms with Gasteiger partial charge in [0.25, 0.3) is 0 Å². The summed E-state index contributed by atoms with van der Waals surface area (Å²) in [5, 5.41) is 3.33. The van der Waals surface area contributed by atoms with Gasteiger partial charge in [0.15, 0.2) is 0 Å². The van der Waals surface area contributed by atoms with E-state index in [-0.39, 0.29) is 11.9 Å². The molecule has 0 saturated carbocycles. The lowest BCUT2D eigenvalue weighted by Gasteiger charge is -2.26. The molecular formula is C13H17NO3. The highest BCUT2D eigenvalue weighted by atomic mass is 16.5. The van der Waals surface area contributed by atoms with Crippen LogP contribution in [0, 0.1) is 5.92 Å². The summed E-state index contributed by atoms with van der Waals surface area (Å²) in [6, 6.07) is 5.94. The first-order valence-electron chi connectivity index (χ1n) is 5.71. The van der Waals surface area contributed by atoms with Crippen molar-refractivity contribution in [2.45, 2.75) is 12.8 Å². The van der Waals surface area contributed by atoms with Gasteiger partial charge in [0, 0.05) is 17.8 Å². The molecule has 2 rings (SSSR count). The normalized spacial score (nSPS) is 17.9. The fraction of sp³-hybridized carbons (Fsp3) is 0.462. The number of hydrogen-bond acceptors (Lipinski definition) is 4. The largest absolute Gasteiger partial charge is 0.496 e. The van der Waals surface area contributed by atoms with E-state index in [1.54, 1.807) is 7.11 Å². The molecule has 17 heavy (non-hydrogen) atoms. The predicted molar refractivity (Wildman–Crippen MR) is 65.3 cm³/mol. The monoisotopic (exact) mass is 235 g/mol. The number of fused-ring (bicyclic) bond motifs is 1. The molecule has 1 aromatic carbocycles. The van der Waals surface area contributed by atoms with Crippen LogP contribution in [0.5, 0.6) is 5.75 Å². The second-order valence-corrected chi connectivity index (χ2v) is 4.22. The van der Waals surface area contributed by atoms with Crippen LogP contribution in [-0.2, 0) is 16.0 Å². The number of methoxy groups -OCH3 is 2. The van der Waals surface area contributed by atoms with Crippen LogP contribution in [0.4, 0.5) is 5.69 Å². The first-order chi connectivity index (χ1) is 8.24. The Balaban J connectivity index is 2.14. The molecule has 0 aromatic heterocycles. The summed E-state index contributed by atoms with van der Waals surface area (Å²) >= 11 is 0. The molecule has 0 fully saturated rings. The summed E-state index contributed by atoms with van der Waals surface area (Å²) in [6.07, 6.45) is 1.29. The maximum Gasteiger partial charge on any atom is 0.305 e. The molecule has 0 radical (unpaired) electrons. The fourth-order valence-electron chi connectivity index (χ4n) is 2.21. The van der Waals surface area contributed by atoms with E-state index < -0.39 is 0 Å². The number of esters is 1. The van der Waals surface area contributed by atoms with Gasteiger partial charge < -0.3 is 14.8 Å². The maximum atomic E-state index is 11.3. The molecule has 0 amide bonds. The van der Waals surface area contributed by atoms with Crippen LogP contribution in [0.1, 0.15) is 12.0 Å². The molecule has 1 atom stereocenters. The lowest BCUT2D eigenvalue weighted by atomic mass is 9.91. The van der Waals surface area contributed by atoms with Gasteiger partial charge >= 0.3 is 5.97 Å². The molecule has 0 aliphatic carbocycles. The highest BCUT2D eigenvalue weighted by molar-refractivity contribution is 5.70. The standard InChI is InChI=1S/C13H17NO3/c1-16-12-5-3-4-11-10(12)6-9(8-14-11)7-13(15)17-2/h3-5,9,14H,6-8H2,1-2H3. The summed E-state index contributed by atoms with van der Waals surface area (Å²) in [4.78, 5) is 11.3. The Morgan fingerprint density at radius 1 is 1.47 bits per heavy atom. The average Bonchev–Trinajstić information content (AvgIpc) is 2.37. The first-order valence-corrected chi connectivity index (χ1v) is 5.71. The third-order valence-electron chi connectivity index (χ3n) is 3.11. The van der Waals surface area contributed by atoms with Crippen LogP contribution in [0.2, 0.25) is 0 Å². The lowest BCUT2D eigenvalue weighted by Crippen LogP contribution is -2.26. The van der Waals surface area contributed by atoms with E-state index in [9.17, 15) is 4.79 Å². The molecule has 4 heteroatoms. The zero-order valence-corrected chi connectivity index (χ0v) is 10.2. The number of nitrogens with one attached hydrogen (secondary N) is 1. The highest BCUT2D eigenvalue weighted by Crippen LogP contribution is 2.33. The average molecular weight is 235 g/mol. The van der Waals surface area contributed by atoms with E-state index >= 15 is 0 Å². The summed E-state index contributed by atoms with van der Waals surface area (Å²) in [5.74, 6) is 0.992. The molecule has 92 valence electrons. The van der Waals surface area contributed by atoms with Gasteiger partial charge in [-0.2, -0.15) is 0 Å². The van der Waals surface area contributed by atoms with Crippen molar-refractivity contribution in [1.29, 1.82) is 0 Å². The Kier molecular flexibility index (Phi) is 3.52. The SMILES string of the molecule is COC(=O)CC1CNc2cccc(OC)c2C1. The number of carbonyl (C=O) groups is 1. The van der Waals surface area contributed by atoms with Crippen molar-refractivity contribution in [3.8, 4) is 5.75 Å². The maximum absolute atomic E-state index is 11.3. The fourth-order valence-corrected chi connectivity index (χ4v) is 2.21. The van der Waals surface area contributed by atoms with E-state index in [1.165, 1.54) is 7.11 Å². The topological polar surface area (TPSA) is 47.6 Å². The molecule has 0 saturated heterocycles. The number of benzene rings is 1. The molecule has 4 nitrogen and oxygen atoms in total. The smallest absolute Gasteiger partial charge is 0.305 e. The third kappa shape index (κ3) is 2.52. The summed E-state index contributed by atoms with van der Waals surface area (Å²) < 4.78 is 10.0. The van der Waals surface area contributed by atoms with Gasteiger partial charge in [-0.25, -0.2) is 0 Å². The Labute approximate surface area is 101 Å². The third-order valence-corrected chi connectivity index (χ3v) is 3.11. The van der Waals surface area contributed by atoms with Gasteiger partial charge in [0.1, 0.15) is 5.75 Å². The van der Waals surface area contributed by atoms with Crippen molar-refractivity contribution >= 4 is 11.7 Å². The van der Waals surface area contributed by atoms with Crippen LogP contribution in [0.25, 0.3) is 0 Å². The van der Waals surface area contributed by atoms with Crippen LogP contribution >= 0.6 is 0 Å². The molecule has 1 heterocycles. The van der Waals surface area contributed by atoms with Crippen molar-refractivity contribution in [2.24, 2.45) is 5.92 Å². The van der Waals surface area contributed by atoms with Gasteiger partial charge in [0.2, 0.25) is 0 Å². The molecule has 1 unspecified atom stereocenters. The molecule has 1 aliphatic rings. The zero-order chi connectivity index (χ0) is 12.3. The lowest BCUT2D eigenvalue weighted by molar-refractivity contribution is -0.141. The second-order valence-electron chi connectivity index (χ2n) is 4.22. The predicted octanol–water partition coefficient (Wildman–Crippen LogP) is 1.84. The van der Waals surface area contributed by atoms with Crippen LogP contribution in [-0.4, -0.2) is 26.7 Å². The molecule has 0 bridgehead atoms. The van der Waals surface area contributed by atoms with Gasteiger partial charge in [-0.3, -0.25) is 4.79 Å². The van der Waals surface area contributed by atoms with Crippen molar-refractivity contribution in [2.75, 3.05) is 26.1 Å². The van der Waals surface area contributed by atoms with Gasteiger partial charge in [0.05, 0.1) is 20.6 Å². The van der Waals surface area contributed by atoms with Crippen molar-refractivity contribution < 1.29 is 14.3 Å². The number of ether oxygens (including phenoxy) is 2. The number of rotatable bonds is 3. The Morgan fingerprint density at radius 3 is 3.00 bits per heavy atom. The zero-order valence-electron chi connectivity index (χ0n) is 10.2. The molecular weight excluding hydrogens is 218 g/mol. The molecule has 1 N–H and O–H groups in total. The van der Waals surface area contributed by atoms with Crippen molar-refractivity contribution in [3.63, 3.8) is 0 Å². The van der Waals surface area contributed by atoms with E-state index in [2.05, 4.69) is 5.32 Å². The van der Waals surface area contributed by atoms with E-state index in [4.69, 9.17) is 9.47 Å². The van der Waals surface area contributed by atoms with E-state index in [1.807, 2.05) is 18.2 Å². The molecule has 1 aromatic rings. The van der Waals surface area contributed by atoms with Crippen molar-refractivity contribution in [3.05, 3.63) is 23.8 Å². The molecule has 1 aliphatic heterocycles.